The number of thioether (sulfide) groups is 1. The zero-order valence-electron chi connectivity index (χ0n) is 6.27. The Bertz CT molecular complexity index is 104. The van der Waals surface area contributed by atoms with Crippen molar-refractivity contribution in [2.45, 2.75) is 19.4 Å². The van der Waals surface area contributed by atoms with Crippen LogP contribution in [0.5, 0.6) is 0 Å². The average Bonchev–Trinajstić information content (AvgIpc) is 1.79. The van der Waals surface area contributed by atoms with Gasteiger partial charge < -0.3 is 5.73 Å². The van der Waals surface area contributed by atoms with Crippen molar-refractivity contribution in [2.24, 2.45) is 5.73 Å². The third-order valence-corrected chi connectivity index (χ3v) is 2.35. The molecule has 60 valence electrons. The molecule has 0 aromatic carbocycles. The summed E-state index contributed by atoms with van der Waals surface area (Å²) in [7, 11) is 0. The molecule has 0 rings (SSSR count). The minimum Gasteiger partial charge on any atom is -0.328 e. The van der Waals surface area contributed by atoms with Crippen molar-refractivity contribution in [3.63, 3.8) is 0 Å². The Morgan fingerprint density at radius 2 is 2.40 bits per heavy atom. The molecular weight excluding hydrogens is 166 g/mol. The van der Waals surface area contributed by atoms with E-state index >= 15 is 0 Å². The van der Waals surface area contributed by atoms with Crippen molar-refractivity contribution in [3.8, 4) is 0 Å². The molecule has 0 heterocycles. The topological polar surface area (TPSA) is 26.0 Å². The summed E-state index contributed by atoms with van der Waals surface area (Å²) in [6.07, 6.45) is 1.05. The van der Waals surface area contributed by atoms with Crippen molar-refractivity contribution in [3.05, 3.63) is 11.6 Å². The molecule has 0 aromatic rings. The van der Waals surface area contributed by atoms with Gasteiger partial charge in [-0.1, -0.05) is 18.2 Å². The van der Waals surface area contributed by atoms with Gasteiger partial charge in [0.25, 0.3) is 0 Å². The maximum Gasteiger partial charge on any atom is 0.0286 e. The highest BCUT2D eigenvalue weighted by Gasteiger charge is 1.94. The number of hydrogen-bond acceptors (Lipinski definition) is 2. The number of hydrogen-bond donors (Lipinski definition) is 1. The van der Waals surface area contributed by atoms with E-state index < -0.39 is 0 Å². The molecule has 2 N–H and O–H groups in total. The largest absolute Gasteiger partial charge is 0.328 e. The summed E-state index contributed by atoms with van der Waals surface area (Å²) in [4.78, 5) is 0. The minimum atomic E-state index is 0.302. The highest BCUT2D eigenvalue weighted by molar-refractivity contribution is 7.99. The average molecular weight is 180 g/mol. The van der Waals surface area contributed by atoms with Crippen molar-refractivity contribution >= 4 is 23.4 Å². The molecule has 0 fully saturated rings. The third-order valence-electron chi connectivity index (χ3n) is 0.976. The van der Waals surface area contributed by atoms with E-state index in [1.54, 1.807) is 11.8 Å². The second-order valence-electron chi connectivity index (χ2n) is 2.34. The van der Waals surface area contributed by atoms with Gasteiger partial charge in [-0.25, -0.2) is 0 Å². The lowest BCUT2D eigenvalue weighted by Gasteiger charge is -2.02. The zero-order chi connectivity index (χ0) is 7.98. The normalized spacial score (nSPS) is 13.1. The Balaban J connectivity index is 2.98. The van der Waals surface area contributed by atoms with Crippen molar-refractivity contribution in [1.82, 2.24) is 0 Å². The van der Waals surface area contributed by atoms with Crippen LogP contribution in [0, 0.1) is 0 Å². The van der Waals surface area contributed by atoms with Gasteiger partial charge in [0, 0.05) is 16.8 Å². The molecule has 0 bridgehead atoms. The quantitative estimate of drug-likeness (QED) is 0.655. The van der Waals surface area contributed by atoms with Crippen LogP contribution >= 0.6 is 23.4 Å². The van der Waals surface area contributed by atoms with E-state index in [0.29, 0.717) is 6.04 Å². The second-order valence-corrected chi connectivity index (χ2v) is 3.98. The Labute approximate surface area is 72.0 Å². The van der Waals surface area contributed by atoms with Gasteiger partial charge in [0.05, 0.1) is 0 Å². The molecule has 3 heteroatoms. The fraction of sp³-hybridized carbons (Fsp3) is 0.714. The molecule has 10 heavy (non-hydrogen) atoms. The molecule has 0 aliphatic heterocycles. The highest BCUT2D eigenvalue weighted by Crippen LogP contribution is 2.10. The lowest BCUT2D eigenvalue weighted by Crippen LogP contribution is -2.15. The SMILES string of the molecule is C=C(Cl)CSCCC(C)N. The standard InChI is InChI=1S/C7H14ClNS/c1-6(8)5-10-4-3-7(2)9/h7H,1,3-5,9H2,2H3. The van der Waals surface area contributed by atoms with Gasteiger partial charge >= 0.3 is 0 Å². The zero-order valence-corrected chi connectivity index (χ0v) is 7.84. The first-order valence-corrected chi connectivity index (χ1v) is 4.83. The summed E-state index contributed by atoms with van der Waals surface area (Å²) in [5.74, 6) is 1.91. The van der Waals surface area contributed by atoms with E-state index in [9.17, 15) is 0 Å². The van der Waals surface area contributed by atoms with Crippen LogP contribution in [0.1, 0.15) is 13.3 Å². The molecule has 0 aromatic heterocycles. The van der Waals surface area contributed by atoms with E-state index in [2.05, 4.69) is 6.58 Å². The summed E-state index contributed by atoms with van der Waals surface area (Å²) in [5, 5.41) is 0.717. The first-order chi connectivity index (χ1) is 4.63. The van der Waals surface area contributed by atoms with Crippen LogP contribution in [0.15, 0.2) is 11.6 Å². The van der Waals surface area contributed by atoms with Gasteiger partial charge in [0.15, 0.2) is 0 Å². The predicted molar refractivity (Wildman–Crippen MR) is 50.6 cm³/mol. The van der Waals surface area contributed by atoms with E-state index in [0.717, 1.165) is 23.0 Å². The molecular formula is C7H14ClNS. The third kappa shape index (κ3) is 8.34. The molecule has 0 amide bonds. The van der Waals surface area contributed by atoms with Gasteiger partial charge in [-0.3, -0.25) is 0 Å². The van der Waals surface area contributed by atoms with Gasteiger partial charge in [-0.2, -0.15) is 11.8 Å². The minimum absolute atomic E-state index is 0.302. The van der Waals surface area contributed by atoms with Crippen LogP contribution in [-0.4, -0.2) is 17.5 Å². The Morgan fingerprint density at radius 1 is 1.80 bits per heavy atom. The van der Waals surface area contributed by atoms with Crippen LogP contribution in [-0.2, 0) is 0 Å². The fourth-order valence-electron chi connectivity index (χ4n) is 0.452. The van der Waals surface area contributed by atoms with E-state index in [1.165, 1.54) is 0 Å². The summed E-state index contributed by atoms with van der Waals surface area (Å²) in [6.45, 7) is 5.60. The Kier molecular flexibility index (Phi) is 6.28. The first-order valence-electron chi connectivity index (χ1n) is 3.29. The molecule has 0 aliphatic carbocycles. The first kappa shape index (κ1) is 10.3. The number of nitrogens with two attached hydrogens (primary N) is 1. The van der Waals surface area contributed by atoms with Crippen LogP contribution in [0.2, 0.25) is 0 Å². The van der Waals surface area contributed by atoms with Crippen molar-refractivity contribution < 1.29 is 0 Å². The molecule has 0 saturated carbocycles. The van der Waals surface area contributed by atoms with E-state index in [1.807, 2.05) is 6.92 Å². The molecule has 1 atom stereocenters. The fourth-order valence-corrected chi connectivity index (χ4v) is 1.59. The van der Waals surface area contributed by atoms with Gasteiger partial charge in [-0.15, -0.1) is 0 Å². The molecule has 0 saturated heterocycles. The van der Waals surface area contributed by atoms with Crippen LogP contribution in [0.25, 0.3) is 0 Å². The van der Waals surface area contributed by atoms with Crippen LogP contribution < -0.4 is 5.73 Å². The summed E-state index contributed by atoms with van der Waals surface area (Å²) >= 11 is 7.32. The highest BCUT2D eigenvalue weighted by atomic mass is 35.5. The van der Waals surface area contributed by atoms with Crippen LogP contribution in [0.3, 0.4) is 0 Å². The van der Waals surface area contributed by atoms with Gasteiger partial charge in [-0.05, 0) is 19.1 Å². The van der Waals surface area contributed by atoms with Crippen molar-refractivity contribution in [1.29, 1.82) is 0 Å². The Hall–Kier alpha value is 0.340. The number of rotatable bonds is 5. The van der Waals surface area contributed by atoms with E-state index in [4.69, 9.17) is 17.3 Å². The maximum absolute atomic E-state index is 5.55. The summed E-state index contributed by atoms with van der Waals surface area (Å²) in [6, 6.07) is 0.302. The molecule has 1 unspecified atom stereocenters. The van der Waals surface area contributed by atoms with Crippen molar-refractivity contribution in [2.75, 3.05) is 11.5 Å². The smallest absolute Gasteiger partial charge is 0.0286 e. The lowest BCUT2D eigenvalue weighted by atomic mass is 10.3. The Morgan fingerprint density at radius 3 is 2.80 bits per heavy atom. The lowest BCUT2D eigenvalue weighted by molar-refractivity contribution is 0.721. The second kappa shape index (κ2) is 6.08. The molecule has 1 nitrogen and oxygen atoms in total. The summed E-state index contributed by atoms with van der Waals surface area (Å²) in [5.41, 5.74) is 5.54. The van der Waals surface area contributed by atoms with E-state index in [-0.39, 0.29) is 0 Å². The number of halogens is 1. The monoisotopic (exact) mass is 179 g/mol. The molecule has 0 radical (unpaired) electrons. The molecule has 0 aliphatic rings. The van der Waals surface area contributed by atoms with Gasteiger partial charge in [0.2, 0.25) is 0 Å². The van der Waals surface area contributed by atoms with Crippen LogP contribution in [0.4, 0.5) is 0 Å². The summed E-state index contributed by atoms with van der Waals surface area (Å²) < 4.78 is 0. The van der Waals surface area contributed by atoms with Gasteiger partial charge in [0.1, 0.15) is 0 Å². The molecule has 0 spiro atoms. The maximum atomic E-state index is 5.55. The predicted octanol–water partition coefficient (Wildman–Crippen LogP) is 2.21.